The van der Waals surface area contributed by atoms with Gasteiger partial charge in [0.15, 0.2) is 0 Å². The lowest BCUT2D eigenvalue weighted by atomic mass is 10.00. The fourth-order valence-electron chi connectivity index (χ4n) is 3.23. The lowest BCUT2D eigenvalue weighted by molar-refractivity contribution is 0.0747. The van der Waals surface area contributed by atoms with Crippen LogP contribution in [-0.2, 0) is 0 Å². The van der Waals surface area contributed by atoms with E-state index in [4.69, 9.17) is 0 Å². The van der Waals surface area contributed by atoms with Crippen LogP contribution in [0.25, 0.3) is 0 Å². The van der Waals surface area contributed by atoms with E-state index in [9.17, 15) is 18.7 Å². The molecule has 3 atom stereocenters. The summed E-state index contributed by atoms with van der Waals surface area (Å²) >= 11 is 0. The van der Waals surface area contributed by atoms with Crippen molar-refractivity contribution in [1.29, 1.82) is 0 Å². The standard InChI is InChI=1S/C14H15F2NO2/c15-9-2-3-12(16)10(5-9)14(19)17-6-8-1-4-13(18)11(8)7-17/h2-3,5,8,11,13,18H,1,4,6-7H2/t8-,11+,13-/m1/s1. The van der Waals surface area contributed by atoms with E-state index in [0.29, 0.717) is 13.1 Å². The van der Waals surface area contributed by atoms with Gasteiger partial charge in [-0.05, 0) is 37.0 Å². The Bertz CT molecular complexity index is 520. The largest absolute Gasteiger partial charge is 0.393 e. The molecule has 0 unspecified atom stereocenters. The van der Waals surface area contributed by atoms with Gasteiger partial charge in [0.05, 0.1) is 11.7 Å². The van der Waals surface area contributed by atoms with Crippen molar-refractivity contribution < 1.29 is 18.7 Å². The van der Waals surface area contributed by atoms with Crippen LogP contribution in [-0.4, -0.2) is 35.1 Å². The summed E-state index contributed by atoms with van der Waals surface area (Å²) in [4.78, 5) is 13.7. The van der Waals surface area contributed by atoms with Gasteiger partial charge in [-0.2, -0.15) is 0 Å². The summed E-state index contributed by atoms with van der Waals surface area (Å²) in [5, 5.41) is 9.80. The maximum atomic E-state index is 13.6. The molecule has 0 aromatic heterocycles. The predicted octanol–water partition coefficient (Wildman–Crippen LogP) is 1.81. The summed E-state index contributed by atoms with van der Waals surface area (Å²) in [6, 6.07) is 2.89. The van der Waals surface area contributed by atoms with Gasteiger partial charge in [0.1, 0.15) is 11.6 Å². The highest BCUT2D eigenvalue weighted by Crippen LogP contribution is 2.38. The molecule has 1 N–H and O–H groups in total. The van der Waals surface area contributed by atoms with E-state index < -0.39 is 17.5 Å². The van der Waals surface area contributed by atoms with Crippen LogP contribution in [0.4, 0.5) is 8.78 Å². The van der Waals surface area contributed by atoms with E-state index in [1.54, 1.807) is 0 Å². The summed E-state index contributed by atoms with van der Waals surface area (Å²) < 4.78 is 26.7. The molecule has 2 fully saturated rings. The number of benzene rings is 1. The number of rotatable bonds is 1. The lowest BCUT2D eigenvalue weighted by Crippen LogP contribution is -2.31. The van der Waals surface area contributed by atoms with Crippen LogP contribution in [0.3, 0.4) is 0 Å². The number of hydrogen-bond donors (Lipinski definition) is 1. The SMILES string of the molecule is O=C(c1cc(F)ccc1F)N1C[C@H]2CC[C@@H](O)[C@H]2C1. The fourth-order valence-corrected chi connectivity index (χ4v) is 3.23. The molecule has 0 spiro atoms. The quantitative estimate of drug-likeness (QED) is 0.843. The monoisotopic (exact) mass is 267 g/mol. The summed E-state index contributed by atoms with van der Waals surface area (Å²) in [5.41, 5.74) is -0.227. The van der Waals surface area contributed by atoms with Crippen molar-refractivity contribution in [3.05, 3.63) is 35.4 Å². The molecule has 1 aromatic rings. The van der Waals surface area contributed by atoms with E-state index in [-0.39, 0.29) is 23.5 Å². The van der Waals surface area contributed by atoms with Crippen molar-refractivity contribution in [3.8, 4) is 0 Å². The van der Waals surface area contributed by atoms with Gasteiger partial charge in [0.25, 0.3) is 5.91 Å². The molecule has 2 aliphatic rings. The lowest BCUT2D eigenvalue weighted by Gasteiger charge is -2.18. The van der Waals surface area contributed by atoms with Gasteiger partial charge < -0.3 is 10.0 Å². The minimum absolute atomic E-state index is 0.0839. The number of amides is 1. The minimum Gasteiger partial charge on any atom is -0.393 e. The number of nitrogens with zero attached hydrogens (tertiary/aromatic N) is 1. The highest BCUT2D eigenvalue weighted by molar-refractivity contribution is 5.94. The zero-order valence-electron chi connectivity index (χ0n) is 10.4. The Morgan fingerprint density at radius 2 is 2.05 bits per heavy atom. The molecule has 5 heteroatoms. The van der Waals surface area contributed by atoms with E-state index in [0.717, 1.165) is 31.0 Å². The smallest absolute Gasteiger partial charge is 0.256 e. The molecule has 19 heavy (non-hydrogen) atoms. The number of halogens is 2. The Kier molecular flexibility index (Phi) is 3.01. The van der Waals surface area contributed by atoms with Gasteiger partial charge in [0, 0.05) is 19.0 Å². The molecule has 102 valence electrons. The van der Waals surface area contributed by atoms with Crippen molar-refractivity contribution in [3.63, 3.8) is 0 Å². The highest BCUT2D eigenvalue weighted by atomic mass is 19.1. The zero-order chi connectivity index (χ0) is 13.6. The van der Waals surface area contributed by atoms with Crippen LogP contribution in [0, 0.1) is 23.5 Å². The topological polar surface area (TPSA) is 40.5 Å². The molecule has 0 bridgehead atoms. The van der Waals surface area contributed by atoms with E-state index in [2.05, 4.69) is 0 Å². The zero-order valence-corrected chi connectivity index (χ0v) is 10.4. The highest BCUT2D eigenvalue weighted by Gasteiger charge is 2.43. The van der Waals surface area contributed by atoms with Gasteiger partial charge >= 0.3 is 0 Å². The second-order valence-electron chi connectivity index (χ2n) is 5.40. The molecule has 1 aliphatic heterocycles. The number of likely N-dealkylation sites (tertiary alicyclic amines) is 1. The van der Waals surface area contributed by atoms with Crippen LogP contribution < -0.4 is 0 Å². The molecule has 1 saturated heterocycles. The Morgan fingerprint density at radius 1 is 1.26 bits per heavy atom. The summed E-state index contributed by atoms with van der Waals surface area (Å²) in [5.74, 6) is -1.44. The third-order valence-electron chi connectivity index (χ3n) is 4.27. The maximum absolute atomic E-state index is 13.6. The minimum atomic E-state index is -0.705. The molecule has 3 rings (SSSR count). The predicted molar refractivity (Wildman–Crippen MR) is 64.5 cm³/mol. The number of fused-ring (bicyclic) bond motifs is 1. The van der Waals surface area contributed by atoms with E-state index >= 15 is 0 Å². The molecular formula is C14H15F2NO2. The number of carbonyl (C=O) groups excluding carboxylic acids is 1. The number of aliphatic hydroxyl groups is 1. The molecule has 1 heterocycles. The Labute approximate surface area is 109 Å². The third kappa shape index (κ3) is 2.12. The van der Waals surface area contributed by atoms with Crippen LogP contribution in [0.1, 0.15) is 23.2 Å². The average Bonchev–Trinajstić information content (AvgIpc) is 2.94. The maximum Gasteiger partial charge on any atom is 0.256 e. The van der Waals surface area contributed by atoms with Crippen molar-refractivity contribution in [2.24, 2.45) is 11.8 Å². The first-order valence-electron chi connectivity index (χ1n) is 6.48. The van der Waals surface area contributed by atoms with Crippen LogP contribution >= 0.6 is 0 Å². The van der Waals surface area contributed by atoms with E-state index in [1.807, 2.05) is 0 Å². The van der Waals surface area contributed by atoms with Gasteiger partial charge in [-0.3, -0.25) is 4.79 Å². The average molecular weight is 267 g/mol. The molecule has 1 aromatic carbocycles. The number of hydrogen-bond acceptors (Lipinski definition) is 2. The van der Waals surface area contributed by atoms with Crippen molar-refractivity contribution in [1.82, 2.24) is 4.90 Å². The van der Waals surface area contributed by atoms with Crippen LogP contribution in [0.2, 0.25) is 0 Å². The van der Waals surface area contributed by atoms with Gasteiger partial charge in [-0.25, -0.2) is 8.78 Å². The first-order chi connectivity index (χ1) is 9.06. The summed E-state index contributed by atoms with van der Waals surface area (Å²) in [6.45, 7) is 0.955. The fraction of sp³-hybridized carbons (Fsp3) is 0.500. The Hall–Kier alpha value is -1.49. The number of aliphatic hydroxyl groups excluding tert-OH is 1. The van der Waals surface area contributed by atoms with Crippen molar-refractivity contribution in [2.75, 3.05) is 13.1 Å². The summed E-state index contributed by atoms with van der Waals surface area (Å²) in [6.07, 6.45) is 1.28. The van der Waals surface area contributed by atoms with Gasteiger partial charge in [-0.15, -0.1) is 0 Å². The van der Waals surface area contributed by atoms with Crippen LogP contribution in [0.15, 0.2) is 18.2 Å². The normalized spacial score (nSPS) is 29.6. The van der Waals surface area contributed by atoms with Crippen LogP contribution in [0.5, 0.6) is 0 Å². The van der Waals surface area contributed by atoms with Crippen molar-refractivity contribution in [2.45, 2.75) is 18.9 Å². The molecule has 3 nitrogen and oxygen atoms in total. The first kappa shape index (κ1) is 12.5. The number of carbonyl (C=O) groups is 1. The summed E-state index contributed by atoms with van der Waals surface area (Å²) in [7, 11) is 0. The van der Waals surface area contributed by atoms with Crippen molar-refractivity contribution >= 4 is 5.91 Å². The van der Waals surface area contributed by atoms with Gasteiger partial charge in [-0.1, -0.05) is 0 Å². The molecule has 1 amide bonds. The molecule has 1 saturated carbocycles. The second kappa shape index (κ2) is 4.56. The Morgan fingerprint density at radius 3 is 2.79 bits per heavy atom. The Balaban J connectivity index is 1.80. The molecule has 1 aliphatic carbocycles. The first-order valence-corrected chi connectivity index (χ1v) is 6.48. The van der Waals surface area contributed by atoms with Gasteiger partial charge in [0.2, 0.25) is 0 Å². The molecule has 0 radical (unpaired) electrons. The third-order valence-corrected chi connectivity index (χ3v) is 4.27. The van der Waals surface area contributed by atoms with E-state index in [1.165, 1.54) is 4.90 Å². The molecular weight excluding hydrogens is 252 g/mol. The second-order valence-corrected chi connectivity index (χ2v) is 5.40.